The van der Waals surface area contributed by atoms with Gasteiger partial charge in [0.15, 0.2) is 0 Å². The van der Waals surface area contributed by atoms with Crippen LogP contribution in [-0.4, -0.2) is 42.1 Å². The summed E-state index contributed by atoms with van der Waals surface area (Å²) in [7, 11) is -8.13. The maximum atomic E-state index is 13.4. The van der Waals surface area contributed by atoms with E-state index in [0.717, 1.165) is 16.7 Å². The van der Waals surface area contributed by atoms with Gasteiger partial charge in [-0.3, -0.25) is 9.36 Å². The summed E-state index contributed by atoms with van der Waals surface area (Å²) in [5.41, 5.74) is 8.70. The third-order valence-corrected chi connectivity index (χ3v) is 9.87. The van der Waals surface area contributed by atoms with Gasteiger partial charge in [0, 0.05) is 45.4 Å². The van der Waals surface area contributed by atoms with Gasteiger partial charge in [-0.25, -0.2) is 13.1 Å². The van der Waals surface area contributed by atoms with E-state index in [1.165, 1.54) is 0 Å². The van der Waals surface area contributed by atoms with Gasteiger partial charge in [0.05, 0.1) is 11.7 Å². The van der Waals surface area contributed by atoms with Crippen LogP contribution in [0.2, 0.25) is 0 Å². The number of aryl methyl sites for hydroxylation is 2. The van der Waals surface area contributed by atoms with Crippen LogP contribution in [0.3, 0.4) is 0 Å². The number of carboxylic acids is 1. The SMILES string of the molecule is Cc1ccc([C@H](CP(=O)(O)[C@@H](NS(=O)(=O)CCCc2cc[c-]cc2)C(C)C)C(=O)O)cc1CN.[Y]. The molecule has 191 valence electrons. The van der Waals surface area contributed by atoms with Gasteiger partial charge in [0.25, 0.3) is 0 Å². The average Bonchev–Trinajstić information content (AvgIpc) is 2.76. The second-order valence-electron chi connectivity index (χ2n) is 8.86. The molecule has 11 heteroatoms. The number of benzene rings is 2. The van der Waals surface area contributed by atoms with Crippen LogP contribution in [0.1, 0.15) is 48.4 Å². The van der Waals surface area contributed by atoms with Crippen molar-refractivity contribution in [3.8, 4) is 0 Å². The first-order valence-electron chi connectivity index (χ1n) is 11.1. The molecule has 0 aliphatic rings. The molecule has 1 unspecified atom stereocenters. The molecule has 0 aliphatic heterocycles. The number of aliphatic carboxylic acids is 1. The van der Waals surface area contributed by atoms with Gasteiger partial charge in [-0.2, -0.15) is 35.9 Å². The van der Waals surface area contributed by atoms with Crippen molar-refractivity contribution in [2.75, 3.05) is 11.9 Å². The molecule has 2 aromatic carbocycles. The summed E-state index contributed by atoms with van der Waals surface area (Å²) in [5.74, 6) is -4.57. The minimum Gasteiger partial charge on any atom is -0.481 e. The van der Waals surface area contributed by atoms with Crippen molar-refractivity contribution in [1.29, 1.82) is 0 Å². The van der Waals surface area contributed by atoms with E-state index in [2.05, 4.69) is 10.8 Å². The minimum atomic E-state index is -4.26. The zero-order chi connectivity index (χ0) is 25.5. The molecular weight excluding hydrogens is 564 g/mol. The summed E-state index contributed by atoms with van der Waals surface area (Å²) in [6.45, 7) is 5.31. The number of nitrogens with two attached hydrogens (primary N) is 1. The molecule has 5 N–H and O–H groups in total. The van der Waals surface area contributed by atoms with Crippen LogP contribution in [0.5, 0.6) is 0 Å². The molecule has 2 rings (SSSR count). The summed E-state index contributed by atoms with van der Waals surface area (Å²) < 4.78 is 41.2. The third kappa shape index (κ3) is 9.80. The molecule has 0 heterocycles. The van der Waals surface area contributed by atoms with E-state index in [1.807, 2.05) is 19.1 Å². The van der Waals surface area contributed by atoms with Crippen molar-refractivity contribution >= 4 is 23.4 Å². The van der Waals surface area contributed by atoms with Gasteiger partial charge in [0.1, 0.15) is 5.78 Å². The number of carboxylic acid groups (broad SMARTS) is 1. The molecule has 2 aromatic rings. The first kappa shape index (κ1) is 32.1. The fourth-order valence-corrected chi connectivity index (χ4v) is 8.28. The number of rotatable bonds is 13. The van der Waals surface area contributed by atoms with Crippen molar-refractivity contribution in [2.24, 2.45) is 11.7 Å². The molecule has 35 heavy (non-hydrogen) atoms. The zero-order valence-corrected chi connectivity index (χ0v) is 24.9. The standard InChI is InChI=1S/C24H34N2O6PS.Y/c1-17(2)23(26-34(31,32)13-7-10-19-8-5-4-6-9-19)33(29,30)16-22(24(27)28)20-12-11-18(3)21(14-20)15-25;/h5-6,8-9,11-12,14,17,22-23,26H,7,10,13,15-16,25H2,1-3H3,(H,27,28)(H,29,30);/q-1;/t22-,23+;/m0./s1. The molecule has 0 bridgehead atoms. The normalized spacial score (nSPS) is 15.1. The van der Waals surface area contributed by atoms with Gasteiger partial charge in [-0.1, -0.05) is 32.0 Å². The fraction of sp³-hybridized carbons (Fsp3) is 0.458. The fourth-order valence-electron chi connectivity index (χ4n) is 3.81. The van der Waals surface area contributed by atoms with Crippen molar-refractivity contribution in [3.05, 3.63) is 70.8 Å². The first-order chi connectivity index (χ1) is 15.9. The summed E-state index contributed by atoms with van der Waals surface area (Å²) in [6, 6.07) is 15.1. The van der Waals surface area contributed by atoms with Crippen molar-refractivity contribution in [1.82, 2.24) is 4.72 Å². The van der Waals surface area contributed by atoms with Crippen molar-refractivity contribution in [2.45, 2.75) is 51.9 Å². The van der Waals surface area contributed by atoms with Crippen molar-refractivity contribution < 1.29 is 60.5 Å². The largest absolute Gasteiger partial charge is 0.481 e. The maximum absolute atomic E-state index is 13.4. The van der Waals surface area contributed by atoms with Crippen LogP contribution < -0.4 is 10.5 Å². The van der Waals surface area contributed by atoms with Crippen LogP contribution >= 0.6 is 7.37 Å². The van der Waals surface area contributed by atoms with Crippen molar-refractivity contribution in [3.63, 3.8) is 0 Å². The molecule has 0 spiro atoms. The van der Waals surface area contributed by atoms with E-state index < -0.39 is 47.1 Å². The predicted molar refractivity (Wildman–Crippen MR) is 133 cm³/mol. The van der Waals surface area contributed by atoms with Gasteiger partial charge in [0.2, 0.25) is 17.4 Å². The van der Waals surface area contributed by atoms with Gasteiger partial charge in [-0.05, 0) is 42.4 Å². The Morgan fingerprint density at radius 2 is 1.83 bits per heavy atom. The van der Waals surface area contributed by atoms with Gasteiger partial charge < -0.3 is 15.7 Å². The van der Waals surface area contributed by atoms with Crippen LogP contribution in [-0.2, 0) is 65.1 Å². The second kappa shape index (κ2) is 14.1. The number of sulfonamides is 1. The molecule has 0 aliphatic carbocycles. The Kier molecular flexibility index (Phi) is 13.0. The molecule has 0 saturated heterocycles. The smallest absolute Gasteiger partial charge is 0.311 e. The molecule has 3 atom stereocenters. The molecule has 0 saturated carbocycles. The Hall–Kier alpha value is -0.926. The minimum absolute atomic E-state index is 0. The van der Waals surface area contributed by atoms with E-state index in [-0.39, 0.29) is 45.0 Å². The van der Waals surface area contributed by atoms with Gasteiger partial charge >= 0.3 is 5.97 Å². The average molecular weight is 598 g/mol. The first-order valence-corrected chi connectivity index (χ1v) is 14.7. The Bertz CT molecular complexity index is 1130. The number of hydrogen-bond acceptors (Lipinski definition) is 5. The summed E-state index contributed by atoms with van der Waals surface area (Å²) in [4.78, 5) is 22.9. The summed E-state index contributed by atoms with van der Waals surface area (Å²) >= 11 is 0. The Balaban J connectivity index is 0.00000612. The van der Waals surface area contributed by atoms with E-state index in [1.54, 1.807) is 44.2 Å². The Labute approximate surface area is 233 Å². The molecule has 0 fully saturated rings. The summed E-state index contributed by atoms with van der Waals surface area (Å²) in [5, 5.41) is 9.80. The van der Waals surface area contributed by atoms with E-state index in [4.69, 9.17) is 5.73 Å². The van der Waals surface area contributed by atoms with E-state index in [0.29, 0.717) is 18.4 Å². The quantitative estimate of drug-likeness (QED) is 0.205. The van der Waals surface area contributed by atoms with Crippen LogP contribution in [0.15, 0.2) is 42.5 Å². The van der Waals surface area contributed by atoms with Crippen LogP contribution in [0, 0.1) is 18.9 Å². The van der Waals surface area contributed by atoms with Crippen LogP contribution in [0.25, 0.3) is 0 Å². The number of nitrogens with one attached hydrogen (secondary N) is 1. The molecule has 0 amide bonds. The molecule has 8 nitrogen and oxygen atoms in total. The maximum Gasteiger partial charge on any atom is 0.311 e. The second-order valence-corrected chi connectivity index (χ2v) is 13.2. The zero-order valence-electron chi connectivity index (χ0n) is 20.3. The topological polar surface area (TPSA) is 147 Å². The van der Waals surface area contributed by atoms with Crippen LogP contribution in [0.4, 0.5) is 0 Å². The monoisotopic (exact) mass is 598 g/mol. The number of carbonyl (C=O) groups is 1. The Morgan fingerprint density at radius 3 is 2.37 bits per heavy atom. The summed E-state index contributed by atoms with van der Waals surface area (Å²) in [6.07, 6.45) is 0.279. The molecule has 1 radical (unpaired) electrons. The van der Waals surface area contributed by atoms with E-state index >= 15 is 0 Å². The van der Waals surface area contributed by atoms with Gasteiger partial charge in [-0.15, -0.1) is 0 Å². The predicted octanol–water partition coefficient (Wildman–Crippen LogP) is 3.22. The number of hydrogen-bond donors (Lipinski definition) is 4. The Morgan fingerprint density at radius 1 is 1.20 bits per heavy atom. The molecular formula is C24H34N2O6PSY-. The molecule has 0 aromatic heterocycles. The van der Waals surface area contributed by atoms with E-state index in [9.17, 15) is 27.8 Å². The third-order valence-electron chi connectivity index (χ3n) is 5.77.